The number of hydrogen-bond acceptors (Lipinski definition) is 12. The Morgan fingerprint density at radius 1 is 0.951 bits per heavy atom. The number of aromatic nitrogens is 3. The molecular weight excluding hydrogens is 1020 g/mol. The summed E-state index contributed by atoms with van der Waals surface area (Å²) in [5, 5.41) is 17.0. The summed E-state index contributed by atoms with van der Waals surface area (Å²) in [5.41, 5.74) is 13.2. The average molecular weight is 1100 g/mol. The van der Waals surface area contributed by atoms with E-state index in [2.05, 4.69) is 66.2 Å². The van der Waals surface area contributed by atoms with E-state index in [1.807, 2.05) is 76.3 Å². The van der Waals surface area contributed by atoms with Crippen LogP contribution in [0, 0.1) is 11.3 Å². The lowest BCUT2D eigenvalue weighted by Gasteiger charge is -2.37. The third kappa shape index (κ3) is 11.4. The van der Waals surface area contributed by atoms with Crippen LogP contribution >= 0.6 is 0 Å². The van der Waals surface area contributed by atoms with E-state index in [-0.39, 0.29) is 48.6 Å². The molecule has 6 atom stereocenters. The molecule has 3 N–H and O–H groups in total. The van der Waals surface area contributed by atoms with Crippen LogP contribution in [0.25, 0.3) is 44.4 Å². The number of ether oxygens (including phenoxy) is 3. The first-order valence-electron chi connectivity index (χ1n) is 28.7. The van der Waals surface area contributed by atoms with Gasteiger partial charge in [0.25, 0.3) is 17.4 Å². The second-order valence-corrected chi connectivity index (χ2v) is 23.9. The molecule has 4 aliphatic heterocycles. The van der Waals surface area contributed by atoms with E-state index in [0.29, 0.717) is 66.8 Å². The summed E-state index contributed by atoms with van der Waals surface area (Å²) in [6.07, 6.45) is 3.32. The number of esters is 1. The number of pyridine rings is 2. The summed E-state index contributed by atoms with van der Waals surface area (Å²) in [4.78, 5) is 81.6. The van der Waals surface area contributed by atoms with Gasteiger partial charge in [-0.15, -0.1) is 0 Å². The number of hydrazine groups is 1. The van der Waals surface area contributed by atoms with Crippen molar-refractivity contribution in [3.05, 3.63) is 129 Å². The molecule has 0 aliphatic carbocycles. The number of carbonyl (C=O) groups excluding carboxylic acids is 4. The highest BCUT2D eigenvalue weighted by Gasteiger charge is 2.43. The van der Waals surface area contributed by atoms with Crippen molar-refractivity contribution in [2.24, 2.45) is 18.4 Å². The number of nitrogens with zero attached hydrogens (tertiary/aromatic N) is 6. The van der Waals surface area contributed by atoms with Crippen molar-refractivity contribution in [3.63, 3.8) is 0 Å². The molecule has 2 saturated heterocycles. The van der Waals surface area contributed by atoms with Crippen LogP contribution in [0.3, 0.4) is 0 Å². The van der Waals surface area contributed by atoms with E-state index in [4.69, 9.17) is 19.2 Å². The fourth-order valence-electron chi connectivity index (χ4n) is 12.8. The Balaban J connectivity index is 1.07. The van der Waals surface area contributed by atoms with Gasteiger partial charge >= 0.3 is 5.97 Å². The number of carbonyl (C=O) groups is 4. The zero-order valence-corrected chi connectivity index (χ0v) is 48.5. The summed E-state index contributed by atoms with van der Waals surface area (Å²) in [7, 11) is 7.21. The number of amides is 3. The lowest BCUT2D eigenvalue weighted by Crippen LogP contribution is -2.62. The molecule has 6 bridgehead atoms. The molecule has 0 saturated carbocycles. The molecule has 81 heavy (non-hydrogen) atoms. The number of phenols is 1. The number of aromatic hydroxyl groups is 1. The molecular formula is C64H78N8O9. The number of likely N-dealkylation sites (N-methyl/N-ethyl adjacent to an activating group) is 2. The number of benzene rings is 3. The topological polar surface area (TPSA) is 190 Å². The number of fused-ring (bicyclic) bond motifs is 7. The van der Waals surface area contributed by atoms with E-state index >= 15 is 0 Å². The first-order chi connectivity index (χ1) is 38.7. The quantitative estimate of drug-likeness (QED) is 0.107. The Hall–Kier alpha value is -7.18. The van der Waals surface area contributed by atoms with Gasteiger partial charge in [0.2, 0.25) is 5.91 Å². The fraction of sp³-hybridized carbons (Fsp3) is 0.469. The smallest absolute Gasteiger partial charge is 0.324 e. The molecule has 17 heteroatoms. The van der Waals surface area contributed by atoms with Crippen molar-refractivity contribution >= 4 is 34.6 Å². The van der Waals surface area contributed by atoms with E-state index in [0.717, 1.165) is 69.6 Å². The van der Waals surface area contributed by atoms with Crippen LogP contribution in [0.15, 0.2) is 89.9 Å². The van der Waals surface area contributed by atoms with E-state index in [1.165, 1.54) is 9.91 Å². The van der Waals surface area contributed by atoms with Crippen LogP contribution in [0.5, 0.6) is 5.75 Å². The van der Waals surface area contributed by atoms with Crippen molar-refractivity contribution in [1.82, 2.24) is 39.7 Å². The highest BCUT2D eigenvalue weighted by molar-refractivity contribution is 5.97. The highest BCUT2D eigenvalue weighted by Crippen LogP contribution is 2.44. The number of phenolic OH excluding ortho intramolecular Hbond substituents is 1. The molecule has 6 unspecified atom stereocenters. The molecule has 2 fully saturated rings. The highest BCUT2D eigenvalue weighted by atomic mass is 16.5. The van der Waals surface area contributed by atoms with Gasteiger partial charge in [-0.3, -0.25) is 34.0 Å². The molecule has 0 spiro atoms. The monoisotopic (exact) mass is 1100 g/mol. The minimum atomic E-state index is -1.19. The lowest BCUT2D eigenvalue weighted by molar-refractivity contribution is -0.155. The standard InChI is InChI=1S/C64H78N8O9/c1-11-71-54-20-19-41-30-48(54)50(57(71)49-31-43(34-65-55(49)38(4)79-10)47-32-44-35-68(7)24-21-53(44)69(8)60(47)75)33-64(5,6)36-81-63(78)51-18-15-23-72(67-51)61(76)52(28-39-26-42(41)29-45(73)27-39)66-59(74)56(37(2)3)70(9)62(77)58-46(22-25-80-58)40-16-13-12-14-17-40/h12-14,16-17,19-20,26-27,29-32,34,37-38,46,51-52,56,58,67,73H,11,15,18,21-25,28,33,35-36H2,1-10H3,(H,66,74). The molecule has 3 aromatic heterocycles. The third-order valence-corrected chi connectivity index (χ3v) is 17.1. The SMILES string of the molecule is CCn1c(-c2cc(-c3cc4c(n(C)c3=O)CCN(C)C4)cnc2C(C)OC)c2c3cc(ccc31)-c1cc(O)cc(c1)CC(NC(=O)C(C(C)C)N(C)C(=O)C1OCCC1c1ccccc1)C(=O)N1CCCC(N1)C(=O)OCC(C)(C)C2. The van der Waals surface area contributed by atoms with Gasteiger partial charge in [0.1, 0.15) is 30.0 Å². The zero-order chi connectivity index (χ0) is 57.6. The molecule has 7 heterocycles. The van der Waals surface area contributed by atoms with Crippen LogP contribution in [0.1, 0.15) is 106 Å². The van der Waals surface area contributed by atoms with Crippen molar-refractivity contribution < 1.29 is 38.5 Å². The van der Waals surface area contributed by atoms with Crippen molar-refractivity contribution in [1.29, 1.82) is 0 Å². The Kier molecular flexibility index (Phi) is 16.5. The Morgan fingerprint density at radius 3 is 2.47 bits per heavy atom. The maximum Gasteiger partial charge on any atom is 0.324 e. The van der Waals surface area contributed by atoms with Crippen LogP contribution in [0.4, 0.5) is 0 Å². The van der Waals surface area contributed by atoms with Crippen LogP contribution in [-0.2, 0) is 72.8 Å². The molecule has 10 rings (SSSR count). The van der Waals surface area contributed by atoms with Gasteiger partial charge in [-0.1, -0.05) is 70.2 Å². The number of methoxy groups -OCH3 is 1. The molecule has 6 aromatic rings. The minimum Gasteiger partial charge on any atom is -0.508 e. The van der Waals surface area contributed by atoms with Crippen molar-refractivity contribution in [3.8, 4) is 39.3 Å². The molecule has 428 valence electrons. The molecule has 3 amide bonds. The minimum absolute atomic E-state index is 0.0300. The van der Waals surface area contributed by atoms with Gasteiger partial charge in [0.15, 0.2) is 0 Å². The second kappa shape index (κ2) is 23.4. The van der Waals surface area contributed by atoms with Crippen molar-refractivity contribution in [2.45, 2.75) is 129 Å². The molecule has 3 aromatic carbocycles. The Bertz CT molecular complexity index is 3440. The van der Waals surface area contributed by atoms with Crippen LogP contribution in [-0.4, -0.2) is 129 Å². The normalized spacial score (nSPS) is 21.3. The summed E-state index contributed by atoms with van der Waals surface area (Å²) in [6, 6.07) is 22.3. The predicted octanol–water partition coefficient (Wildman–Crippen LogP) is 7.86. The van der Waals surface area contributed by atoms with Gasteiger partial charge in [-0.2, -0.15) is 0 Å². The third-order valence-electron chi connectivity index (χ3n) is 17.1. The Morgan fingerprint density at radius 2 is 1.73 bits per heavy atom. The van der Waals surface area contributed by atoms with E-state index in [1.54, 1.807) is 37.1 Å². The van der Waals surface area contributed by atoms with Crippen LogP contribution < -0.4 is 16.3 Å². The van der Waals surface area contributed by atoms with Crippen LogP contribution in [0.2, 0.25) is 0 Å². The van der Waals surface area contributed by atoms with Gasteiger partial charge < -0.3 is 43.6 Å². The maximum atomic E-state index is 15.0. The average Bonchev–Trinajstić information content (AvgIpc) is 4.12. The van der Waals surface area contributed by atoms with E-state index < -0.39 is 53.5 Å². The molecule has 4 aliphatic rings. The van der Waals surface area contributed by atoms with E-state index in [9.17, 15) is 29.1 Å². The van der Waals surface area contributed by atoms with Gasteiger partial charge in [-0.25, -0.2) is 5.43 Å². The summed E-state index contributed by atoms with van der Waals surface area (Å²) in [5.74, 6) is -2.42. The first-order valence-corrected chi connectivity index (χ1v) is 28.7. The number of rotatable bonds is 11. The summed E-state index contributed by atoms with van der Waals surface area (Å²) >= 11 is 0. The lowest BCUT2D eigenvalue weighted by atomic mass is 9.83. The number of cyclic esters (lactones) is 1. The Labute approximate surface area is 474 Å². The zero-order valence-electron chi connectivity index (χ0n) is 48.5. The van der Waals surface area contributed by atoms with Gasteiger partial charge in [-0.05, 0) is 122 Å². The number of hydrogen-bond donors (Lipinski definition) is 3. The molecule has 0 radical (unpaired) electrons. The molecule has 17 nitrogen and oxygen atoms in total. The number of nitrogens with one attached hydrogen (secondary N) is 2. The fourth-order valence-corrected chi connectivity index (χ4v) is 12.8. The predicted molar refractivity (Wildman–Crippen MR) is 311 cm³/mol. The van der Waals surface area contributed by atoms with Crippen molar-refractivity contribution in [2.75, 3.05) is 47.5 Å². The van der Waals surface area contributed by atoms with Gasteiger partial charge in [0.05, 0.1) is 24.1 Å². The summed E-state index contributed by atoms with van der Waals surface area (Å²) in [6.45, 7) is 14.8. The second-order valence-electron chi connectivity index (χ2n) is 23.9. The largest absolute Gasteiger partial charge is 0.508 e. The maximum absolute atomic E-state index is 15.0. The summed E-state index contributed by atoms with van der Waals surface area (Å²) < 4.78 is 22.4. The number of aryl methyl sites for hydroxylation is 1. The van der Waals surface area contributed by atoms with Gasteiger partial charge in [0, 0.05) is 118 Å². The first kappa shape index (κ1) is 57.1.